The number of carboxylic acids is 1. The molecule has 0 aliphatic carbocycles. The van der Waals surface area contributed by atoms with E-state index < -0.39 is 24.0 Å². The number of nitrogens with one attached hydrogen (secondary N) is 2. The lowest BCUT2D eigenvalue weighted by atomic mass is 10.0. The summed E-state index contributed by atoms with van der Waals surface area (Å²) in [5, 5.41) is 22.6. The van der Waals surface area contributed by atoms with E-state index >= 15 is 0 Å². The first-order chi connectivity index (χ1) is 12.0. The van der Waals surface area contributed by atoms with Crippen molar-refractivity contribution in [2.75, 3.05) is 0 Å². The average Bonchev–Trinajstić information content (AvgIpc) is 3.05. The maximum absolute atomic E-state index is 12.5. The fraction of sp³-hybridized carbons (Fsp3) is 0.158. The molecule has 0 radical (unpaired) electrons. The molecule has 3 aromatic rings. The first kappa shape index (κ1) is 16.7. The molecule has 1 aromatic heterocycles. The van der Waals surface area contributed by atoms with Crippen LogP contribution in [0.25, 0.3) is 10.9 Å². The van der Waals surface area contributed by atoms with Crippen LogP contribution in [-0.4, -0.2) is 39.2 Å². The summed E-state index contributed by atoms with van der Waals surface area (Å²) in [5.74, 6) is -1.84. The molecule has 0 aliphatic heterocycles. The van der Waals surface area contributed by atoms with E-state index in [-0.39, 0.29) is 6.42 Å². The van der Waals surface area contributed by atoms with Gasteiger partial charge in [-0.1, -0.05) is 48.5 Å². The highest BCUT2D eigenvalue weighted by Crippen LogP contribution is 2.15. The number of amides is 1. The predicted molar refractivity (Wildman–Crippen MR) is 93.3 cm³/mol. The lowest BCUT2D eigenvalue weighted by Crippen LogP contribution is -2.48. The molecule has 6 nitrogen and oxygen atoms in total. The second-order valence-electron chi connectivity index (χ2n) is 5.82. The third-order valence-corrected chi connectivity index (χ3v) is 4.02. The van der Waals surface area contributed by atoms with Gasteiger partial charge in [0.05, 0.1) is 6.04 Å². The minimum atomic E-state index is -1.70. The van der Waals surface area contributed by atoms with E-state index in [1.165, 1.54) is 0 Å². The number of benzene rings is 2. The number of aromatic nitrogens is 1. The van der Waals surface area contributed by atoms with Gasteiger partial charge >= 0.3 is 5.97 Å². The van der Waals surface area contributed by atoms with Gasteiger partial charge in [-0.25, -0.2) is 4.79 Å². The Labute approximate surface area is 144 Å². The van der Waals surface area contributed by atoms with Crippen molar-refractivity contribution in [1.29, 1.82) is 0 Å². The van der Waals surface area contributed by atoms with Crippen molar-refractivity contribution in [3.05, 3.63) is 71.9 Å². The van der Waals surface area contributed by atoms with Crippen LogP contribution in [0.3, 0.4) is 0 Å². The van der Waals surface area contributed by atoms with E-state index in [0.717, 1.165) is 16.5 Å². The number of para-hydroxylation sites is 1. The first-order valence-corrected chi connectivity index (χ1v) is 7.88. The quantitative estimate of drug-likeness (QED) is 0.552. The Morgan fingerprint density at radius 3 is 2.40 bits per heavy atom. The zero-order chi connectivity index (χ0) is 17.8. The predicted octanol–water partition coefficient (Wildman–Crippen LogP) is 1.95. The zero-order valence-electron chi connectivity index (χ0n) is 13.3. The van der Waals surface area contributed by atoms with Gasteiger partial charge in [-0.3, -0.25) is 4.79 Å². The van der Waals surface area contributed by atoms with Crippen molar-refractivity contribution >= 4 is 22.8 Å². The number of carboxylic acid groups (broad SMARTS) is 1. The summed E-state index contributed by atoms with van der Waals surface area (Å²) in [6.07, 6.45) is -1.49. The molecule has 1 heterocycles. The van der Waals surface area contributed by atoms with Crippen LogP contribution in [0.1, 0.15) is 16.1 Å². The maximum atomic E-state index is 12.5. The standard InChI is InChI=1S/C19H18N2O4/c22-17(19(24)25)15(10-12-6-2-1-3-7-12)21-18(23)16-11-13-8-4-5-9-14(13)20-16/h1-9,11,15,17,20,22H,10H2,(H,21,23)(H,24,25). The number of aliphatic hydroxyl groups is 1. The zero-order valence-corrected chi connectivity index (χ0v) is 13.3. The van der Waals surface area contributed by atoms with E-state index in [1.807, 2.05) is 54.6 Å². The van der Waals surface area contributed by atoms with Crippen molar-refractivity contribution in [2.45, 2.75) is 18.6 Å². The summed E-state index contributed by atoms with van der Waals surface area (Å²) in [7, 11) is 0. The van der Waals surface area contributed by atoms with Crippen LogP contribution in [0.4, 0.5) is 0 Å². The second kappa shape index (κ2) is 7.19. The highest BCUT2D eigenvalue weighted by Gasteiger charge is 2.28. The second-order valence-corrected chi connectivity index (χ2v) is 5.82. The van der Waals surface area contributed by atoms with Gasteiger partial charge in [0.1, 0.15) is 5.69 Å². The summed E-state index contributed by atoms with van der Waals surface area (Å²) in [6.45, 7) is 0. The minimum Gasteiger partial charge on any atom is -0.479 e. The Morgan fingerprint density at radius 1 is 1.04 bits per heavy atom. The number of rotatable bonds is 6. The first-order valence-electron chi connectivity index (χ1n) is 7.88. The van der Waals surface area contributed by atoms with Gasteiger partial charge in [0, 0.05) is 10.9 Å². The van der Waals surface area contributed by atoms with Gasteiger partial charge in [-0.05, 0) is 24.1 Å². The SMILES string of the molecule is O=C(NC(Cc1ccccc1)C(O)C(=O)O)c1cc2ccccc2[nH]1. The molecule has 0 bridgehead atoms. The Balaban J connectivity index is 1.80. The molecule has 2 unspecified atom stereocenters. The highest BCUT2D eigenvalue weighted by atomic mass is 16.4. The molecule has 0 saturated heterocycles. The van der Waals surface area contributed by atoms with E-state index in [4.69, 9.17) is 5.11 Å². The van der Waals surface area contributed by atoms with Crippen LogP contribution in [-0.2, 0) is 11.2 Å². The highest BCUT2D eigenvalue weighted by molar-refractivity contribution is 5.98. The van der Waals surface area contributed by atoms with Crippen LogP contribution >= 0.6 is 0 Å². The number of aromatic amines is 1. The fourth-order valence-electron chi connectivity index (χ4n) is 2.72. The van der Waals surface area contributed by atoms with Crippen molar-refractivity contribution < 1.29 is 19.8 Å². The van der Waals surface area contributed by atoms with Crippen LogP contribution in [0, 0.1) is 0 Å². The molecule has 2 aromatic carbocycles. The lowest BCUT2D eigenvalue weighted by Gasteiger charge is -2.21. The van der Waals surface area contributed by atoms with Crippen molar-refractivity contribution in [1.82, 2.24) is 10.3 Å². The summed E-state index contributed by atoms with van der Waals surface area (Å²) in [6, 6.07) is 17.3. The van der Waals surface area contributed by atoms with Crippen LogP contribution in [0.15, 0.2) is 60.7 Å². The van der Waals surface area contributed by atoms with E-state index in [2.05, 4.69) is 10.3 Å². The van der Waals surface area contributed by atoms with Crippen LogP contribution < -0.4 is 5.32 Å². The lowest BCUT2D eigenvalue weighted by molar-refractivity contribution is -0.148. The van der Waals surface area contributed by atoms with E-state index in [9.17, 15) is 14.7 Å². The van der Waals surface area contributed by atoms with E-state index in [1.54, 1.807) is 6.07 Å². The van der Waals surface area contributed by atoms with Gasteiger partial charge < -0.3 is 20.5 Å². The smallest absolute Gasteiger partial charge is 0.334 e. The summed E-state index contributed by atoms with van der Waals surface area (Å²) < 4.78 is 0. The Hall–Kier alpha value is -3.12. The molecule has 0 fully saturated rings. The number of carbonyl (C=O) groups excluding carboxylic acids is 1. The van der Waals surface area contributed by atoms with Crippen LogP contribution in [0.2, 0.25) is 0 Å². The molecule has 0 spiro atoms. The number of H-pyrrole nitrogens is 1. The van der Waals surface area contributed by atoms with Gasteiger partial charge in [-0.15, -0.1) is 0 Å². The van der Waals surface area contributed by atoms with Crippen LogP contribution in [0.5, 0.6) is 0 Å². The Morgan fingerprint density at radius 2 is 1.72 bits per heavy atom. The Kier molecular flexibility index (Phi) is 4.81. The Bertz CT molecular complexity index is 856. The number of hydrogen-bond acceptors (Lipinski definition) is 3. The van der Waals surface area contributed by atoms with Gasteiger partial charge in [0.2, 0.25) is 0 Å². The van der Waals surface area contributed by atoms with Crippen molar-refractivity contribution in [3.63, 3.8) is 0 Å². The number of aliphatic carboxylic acids is 1. The normalized spacial score (nSPS) is 13.3. The monoisotopic (exact) mass is 338 g/mol. The number of aliphatic hydroxyl groups excluding tert-OH is 1. The van der Waals surface area contributed by atoms with E-state index in [0.29, 0.717) is 5.69 Å². The largest absolute Gasteiger partial charge is 0.479 e. The third-order valence-electron chi connectivity index (χ3n) is 4.02. The fourth-order valence-corrected chi connectivity index (χ4v) is 2.72. The molecular formula is C19H18N2O4. The van der Waals surface area contributed by atoms with Crippen molar-refractivity contribution in [3.8, 4) is 0 Å². The maximum Gasteiger partial charge on any atom is 0.334 e. The average molecular weight is 338 g/mol. The molecule has 3 rings (SSSR count). The molecular weight excluding hydrogens is 320 g/mol. The minimum absolute atomic E-state index is 0.209. The van der Waals surface area contributed by atoms with Gasteiger partial charge in [0.15, 0.2) is 6.10 Å². The number of fused-ring (bicyclic) bond motifs is 1. The number of hydrogen-bond donors (Lipinski definition) is 4. The topological polar surface area (TPSA) is 102 Å². The summed E-state index contributed by atoms with van der Waals surface area (Å²) in [5.41, 5.74) is 1.95. The molecule has 1 amide bonds. The molecule has 0 aliphatic rings. The molecule has 25 heavy (non-hydrogen) atoms. The van der Waals surface area contributed by atoms with Gasteiger partial charge in [0.25, 0.3) is 5.91 Å². The number of carbonyl (C=O) groups is 2. The molecule has 0 saturated carbocycles. The molecule has 6 heteroatoms. The summed E-state index contributed by atoms with van der Waals surface area (Å²) >= 11 is 0. The molecule has 2 atom stereocenters. The molecule has 4 N–H and O–H groups in total. The third kappa shape index (κ3) is 3.87. The van der Waals surface area contributed by atoms with Gasteiger partial charge in [-0.2, -0.15) is 0 Å². The molecule has 128 valence electrons. The summed E-state index contributed by atoms with van der Waals surface area (Å²) in [4.78, 5) is 26.7. The van der Waals surface area contributed by atoms with Crippen molar-refractivity contribution in [2.24, 2.45) is 0 Å².